The summed E-state index contributed by atoms with van der Waals surface area (Å²) in [5.74, 6) is -0.312. The number of halogens is 3. The Morgan fingerprint density at radius 3 is 2.72 bits per heavy atom. The fourth-order valence-electron chi connectivity index (χ4n) is 1.55. The van der Waals surface area contributed by atoms with Gasteiger partial charge in [0.2, 0.25) is 0 Å². The number of rotatable bonds is 1. The zero-order chi connectivity index (χ0) is 12.6. The van der Waals surface area contributed by atoms with Crippen molar-refractivity contribution in [2.24, 2.45) is 0 Å². The fraction of sp³-hybridized carbons (Fsp3) is 0.0769. The number of likely N-dealkylation sites (N-methyl/N-ethyl adjacent to an activating group) is 1. The molecule has 0 aromatic heterocycles. The maximum absolute atomic E-state index is 13.8. The summed E-state index contributed by atoms with van der Waals surface area (Å²) in [4.78, 5) is 1.72. The van der Waals surface area contributed by atoms with Crippen LogP contribution in [-0.2, 0) is 32.7 Å². The van der Waals surface area contributed by atoms with Crippen molar-refractivity contribution < 1.29 is 37.1 Å². The van der Waals surface area contributed by atoms with Gasteiger partial charge in [-0.2, -0.15) is 23.8 Å². The Kier molecular flexibility index (Phi) is 5.79. The summed E-state index contributed by atoms with van der Waals surface area (Å²) in [5.41, 5.74) is 1.71. The molecule has 0 saturated carbocycles. The first-order valence-corrected chi connectivity index (χ1v) is 6.05. The van der Waals surface area contributed by atoms with E-state index in [1.165, 1.54) is 6.07 Å². The average Bonchev–Trinajstić information content (AvgIpc) is 2.28. The van der Waals surface area contributed by atoms with Crippen LogP contribution in [0.2, 0.25) is 0 Å². The Morgan fingerprint density at radius 2 is 2.11 bits per heavy atom. The molecule has 1 radical (unpaired) electrons. The Morgan fingerprint density at radius 1 is 1.44 bits per heavy atom. The van der Waals surface area contributed by atoms with Gasteiger partial charge in [0.25, 0.3) is 0 Å². The van der Waals surface area contributed by atoms with Crippen LogP contribution in [0.1, 0.15) is 5.56 Å². The molecular weight excluding hydrogens is 393 g/mol. The van der Waals surface area contributed by atoms with Crippen LogP contribution >= 0.6 is 27.5 Å². The molecule has 1 heterocycles. The Balaban J connectivity index is 0.00000162. The second-order valence-corrected chi connectivity index (χ2v) is 4.94. The molecule has 1 nitrogen and oxygen atoms in total. The second kappa shape index (κ2) is 6.47. The van der Waals surface area contributed by atoms with Crippen molar-refractivity contribution in [1.82, 2.24) is 4.90 Å². The molecule has 91 valence electrons. The van der Waals surface area contributed by atoms with E-state index in [2.05, 4.69) is 28.6 Å². The SMILES string of the molecule is C=C1C(Cl)=C[C-]=C(c2ccc(Br)cc2F)N1C.[Y]. The van der Waals surface area contributed by atoms with Crippen LogP contribution in [-0.4, -0.2) is 11.9 Å². The molecule has 0 unspecified atom stereocenters. The van der Waals surface area contributed by atoms with Crippen molar-refractivity contribution in [2.45, 2.75) is 0 Å². The van der Waals surface area contributed by atoms with Crippen LogP contribution in [0, 0.1) is 11.9 Å². The largest absolute Gasteiger partial charge is 0.377 e. The third-order valence-corrected chi connectivity index (χ3v) is 3.36. The first-order valence-electron chi connectivity index (χ1n) is 4.88. The first-order chi connectivity index (χ1) is 8.00. The average molecular weight is 402 g/mol. The number of benzene rings is 1. The van der Waals surface area contributed by atoms with Gasteiger partial charge in [0, 0.05) is 44.2 Å². The minimum Gasteiger partial charge on any atom is -0.377 e. The van der Waals surface area contributed by atoms with Gasteiger partial charge in [0.05, 0.1) is 5.82 Å². The Hall–Kier alpha value is 0.0439. The third-order valence-electron chi connectivity index (χ3n) is 2.54. The third kappa shape index (κ3) is 3.13. The molecule has 1 aliphatic rings. The van der Waals surface area contributed by atoms with E-state index in [-0.39, 0.29) is 38.5 Å². The zero-order valence-electron chi connectivity index (χ0n) is 9.67. The van der Waals surface area contributed by atoms with Crippen LogP contribution < -0.4 is 0 Å². The predicted molar refractivity (Wildman–Crippen MR) is 71.6 cm³/mol. The van der Waals surface area contributed by atoms with E-state index in [1.807, 2.05) is 0 Å². The van der Waals surface area contributed by atoms with E-state index in [9.17, 15) is 4.39 Å². The summed E-state index contributed by atoms with van der Waals surface area (Å²) < 4.78 is 14.5. The molecule has 5 heteroatoms. The zero-order valence-corrected chi connectivity index (χ0v) is 14.9. The van der Waals surface area contributed by atoms with Crippen LogP contribution in [0.25, 0.3) is 5.70 Å². The molecule has 1 aromatic carbocycles. The van der Waals surface area contributed by atoms with Crippen molar-refractivity contribution >= 4 is 33.2 Å². The molecule has 0 bridgehead atoms. The van der Waals surface area contributed by atoms with Gasteiger partial charge >= 0.3 is 0 Å². The molecule has 2 rings (SSSR count). The summed E-state index contributed by atoms with van der Waals surface area (Å²) in [6, 6.07) is 4.89. The van der Waals surface area contributed by atoms with Crippen molar-refractivity contribution in [2.75, 3.05) is 7.05 Å². The van der Waals surface area contributed by atoms with Crippen LogP contribution in [0.5, 0.6) is 0 Å². The number of hydrogen-bond acceptors (Lipinski definition) is 1. The molecule has 0 fully saturated rings. The fourth-order valence-corrected chi connectivity index (χ4v) is 2.06. The molecule has 0 atom stereocenters. The number of nitrogens with zero attached hydrogens (tertiary/aromatic N) is 1. The number of allylic oxidation sites excluding steroid dienone is 3. The number of hydrogen-bond donors (Lipinski definition) is 0. The van der Waals surface area contributed by atoms with Gasteiger partial charge in [-0.1, -0.05) is 39.8 Å². The maximum atomic E-state index is 13.8. The molecular formula is C13H9BrClFNY-. The van der Waals surface area contributed by atoms with Gasteiger partial charge in [-0.3, -0.25) is 0 Å². The van der Waals surface area contributed by atoms with E-state index >= 15 is 0 Å². The topological polar surface area (TPSA) is 3.24 Å². The maximum Gasteiger partial charge on any atom is 0.0792 e. The molecule has 1 aromatic rings. The smallest absolute Gasteiger partial charge is 0.0792 e. The summed E-state index contributed by atoms with van der Waals surface area (Å²) in [6.07, 6.45) is 4.56. The minimum absolute atomic E-state index is 0. The summed E-state index contributed by atoms with van der Waals surface area (Å²) in [6.45, 7) is 3.83. The molecule has 0 saturated heterocycles. The van der Waals surface area contributed by atoms with Gasteiger partial charge in [-0.05, 0) is 16.8 Å². The Labute approximate surface area is 144 Å². The van der Waals surface area contributed by atoms with Gasteiger partial charge in [-0.15, -0.1) is 6.07 Å². The molecule has 0 spiro atoms. The summed E-state index contributed by atoms with van der Waals surface area (Å²) >= 11 is 9.15. The van der Waals surface area contributed by atoms with Gasteiger partial charge in [-0.25, -0.2) is 4.39 Å². The van der Waals surface area contributed by atoms with Crippen LogP contribution in [0.15, 0.2) is 46.1 Å². The Bertz CT molecular complexity index is 554. The van der Waals surface area contributed by atoms with Crippen molar-refractivity contribution in [3.63, 3.8) is 0 Å². The summed E-state index contributed by atoms with van der Waals surface area (Å²) in [7, 11) is 1.78. The normalized spacial score (nSPS) is 14.9. The molecule has 0 aliphatic carbocycles. The minimum atomic E-state index is -0.312. The standard InChI is InChI=1S/C13H9BrClFN.Y/c1-8-11(15)5-6-13(17(8)2)10-4-3-9(14)7-12(10)16;/h3-5,7H,1H2,2H3;/q-1;. The molecule has 1 aliphatic heterocycles. The molecule has 0 amide bonds. The van der Waals surface area contributed by atoms with Crippen molar-refractivity contribution in [3.05, 3.63) is 63.5 Å². The monoisotopic (exact) mass is 401 g/mol. The van der Waals surface area contributed by atoms with E-state index in [0.717, 1.165) is 0 Å². The van der Waals surface area contributed by atoms with E-state index in [4.69, 9.17) is 11.6 Å². The quantitative estimate of drug-likeness (QED) is 0.633. The van der Waals surface area contributed by atoms with Gasteiger partial charge in [0.15, 0.2) is 0 Å². The second-order valence-electron chi connectivity index (χ2n) is 3.62. The summed E-state index contributed by atoms with van der Waals surface area (Å²) in [5, 5.41) is 0.508. The predicted octanol–water partition coefficient (Wildman–Crippen LogP) is 4.31. The molecule has 0 N–H and O–H groups in total. The van der Waals surface area contributed by atoms with E-state index in [0.29, 0.717) is 26.5 Å². The van der Waals surface area contributed by atoms with Crippen LogP contribution in [0.3, 0.4) is 0 Å². The van der Waals surface area contributed by atoms with Crippen molar-refractivity contribution in [1.29, 1.82) is 0 Å². The van der Waals surface area contributed by atoms with Crippen molar-refractivity contribution in [3.8, 4) is 0 Å². The van der Waals surface area contributed by atoms with E-state index < -0.39 is 0 Å². The van der Waals surface area contributed by atoms with Crippen LogP contribution in [0.4, 0.5) is 4.39 Å². The van der Waals surface area contributed by atoms with Gasteiger partial charge in [0.1, 0.15) is 0 Å². The van der Waals surface area contributed by atoms with E-state index in [1.54, 1.807) is 30.2 Å². The first kappa shape index (κ1) is 16.1. The molecule has 18 heavy (non-hydrogen) atoms. The van der Waals surface area contributed by atoms with Gasteiger partial charge < -0.3 is 4.90 Å².